The lowest BCUT2D eigenvalue weighted by Crippen LogP contribution is -2.47. The second kappa shape index (κ2) is 5.25. The maximum atomic E-state index is 6.43. The number of nitrogens with one attached hydrogen (secondary N) is 1. The summed E-state index contributed by atoms with van der Waals surface area (Å²) in [5.74, 6) is 0. The zero-order chi connectivity index (χ0) is 11.6. The van der Waals surface area contributed by atoms with E-state index < -0.39 is 0 Å². The van der Waals surface area contributed by atoms with Gasteiger partial charge >= 0.3 is 0 Å². The van der Waals surface area contributed by atoms with Crippen LogP contribution in [-0.2, 0) is 9.47 Å². The molecule has 0 aromatic rings. The van der Waals surface area contributed by atoms with Gasteiger partial charge in [-0.2, -0.15) is 0 Å². The monoisotopic (exact) mass is 239 g/mol. The zero-order valence-corrected chi connectivity index (χ0v) is 10.7. The summed E-state index contributed by atoms with van der Waals surface area (Å²) in [6, 6.07) is 0.789. The topological polar surface area (TPSA) is 30.5 Å². The molecule has 0 amide bonds. The third kappa shape index (κ3) is 3.21. The van der Waals surface area contributed by atoms with Crippen LogP contribution in [0.3, 0.4) is 0 Å². The molecule has 3 fully saturated rings. The van der Waals surface area contributed by atoms with Crippen molar-refractivity contribution in [2.24, 2.45) is 0 Å². The molecule has 2 saturated carbocycles. The first kappa shape index (κ1) is 11.9. The molecule has 1 N–H and O–H groups in total. The van der Waals surface area contributed by atoms with Gasteiger partial charge in [0.15, 0.2) is 0 Å². The lowest BCUT2D eigenvalue weighted by Gasteiger charge is -2.39. The molecule has 0 aromatic carbocycles. The van der Waals surface area contributed by atoms with Crippen molar-refractivity contribution in [2.75, 3.05) is 19.8 Å². The molecule has 0 radical (unpaired) electrons. The number of rotatable bonds is 5. The van der Waals surface area contributed by atoms with E-state index in [0.29, 0.717) is 6.10 Å². The molecule has 1 aliphatic heterocycles. The molecule has 0 aromatic heterocycles. The van der Waals surface area contributed by atoms with Crippen LogP contribution in [0, 0.1) is 0 Å². The van der Waals surface area contributed by atoms with Crippen molar-refractivity contribution in [3.63, 3.8) is 0 Å². The first-order chi connectivity index (χ1) is 8.36. The Labute approximate surface area is 104 Å². The highest BCUT2D eigenvalue weighted by molar-refractivity contribution is 4.92. The van der Waals surface area contributed by atoms with Crippen LogP contribution >= 0.6 is 0 Å². The van der Waals surface area contributed by atoms with Crippen molar-refractivity contribution in [3.05, 3.63) is 0 Å². The van der Waals surface area contributed by atoms with Crippen LogP contribution in [0.1, 0.15) is 51.4 Å². The quantitative estimate of drug-likeness (QED) is 0.798. The summed E-state index contributed by atoms with van der Waals surface area (Å²) in [5.41, 5.74) is 0.124. The van der Waals surface area contributed by atoms with Crippen LogP contribution < -0.4 is 5.32 Å². The zero-order valence-electron chi connectivity index (χ0n) is 10.7. The second-order valence-electron chi connectivity index (χ2n) is 6.00. The van der Waals surface area contributed by atoms with Gasteiger partial charge < -0.3 is 14.8 Å². The van der Waals surface area contributed by atoms with E-state index in [-0.39, 0.29) is 5.60 Å². The SMILES string of the molecule is C1CCC(CNC2CC2)(OC2CCOC2)CC1. The van der Waals surface area contributed by atoms with E-state index in [9.17, 15) is 0 Å². The van der Waals surface area contributed by atoms with Gasteiger partial charge in [0.05, 0.1) is 18.3 Å². The summed E-state index contributed by atoms with van der Waals surface area (Å²) in [7, 11) is 0. The standard InChI is InChI=1S/C14H25NO2/c1-2-7-14(8-3-1,11-15-12-4-5-12)17-13-6-9-16-10-13/h12-13,15H,1-11H2. The van der Waals surface area contributed by atoms with Gasteiger partial charge in [0.2, 0.25) is 0 Å². The average molecular weight is 239 g/mol. The highest BCUT2D eigenvalue weighted by Gasteiger charge is 2.37. The summed E-state index contributed by atoms with van der Waals surface area (Å²) in [6.07, 6.45) is 10.7. The first-order valence-corrected chi connectivity index (χ1v) is 7.35. The fourth-order valence-electron chi connectivity index (χ4n) is 3.11. The van der Waals surface area contributed by atoms with Crippen LogP contribution in [0.15, 0.2) is 0 Å². The summed E-state index contributed by atoms with van der Waals surface area (Å²) >= 11 is 0. The van der Waals surface area contributed by atoms with E-state index in [2.05, 4.69) is 5.32 Å². The normalized spacial score (nSPS) is 32.8. The fraction of sp³-hybridized carbons (Fsp3) is 1.00. The largest absolute Gasteiger partial charge is 0.379 e. The molecule has 1 saturated heterocycles. The molecule has 1 atom stereocenters. The molecular weight excluding hydrogens is 214 g/mol. The molecule has 2 aliphatic carbocycles. The average Bonchev–Trinajstić information content (AvgIpc) is 3.06. The van der Waals surface area contributed by atoms with Gasteiger partial charge in [-0.25, -0.2) is 0 Å². The molecule has 3 aliphatic rings. The van der Waals surface area contributed by atoms with Crippen LogP contribution in [0.2, 0.25) is 0 Å². The van der Waals surface area contributed by atoms with Crippen LogP contribution in [-0.4, -0.2) is 37.5 Å². The Morgan fingerprint density at radius 2 is 1.94 bits per heavy atom. The molecule has 3 nitrogen and oxygen atoms in total. The van der Waals surface area contributed by atoms with Gasteiger partial charge in [0.25, 0.3) is 0 Å². The third-order valence-corrected chi connectivity index (χ3v) is 4.36. The number of hydrogen-bond acceptors (Lipinski definition) is 3. The molecule has 98 valence electrons. The molecular formula is C14H25NO2. The van der Waals surface area contributed by atoms with E-state index in [4.69, 9.17) is 9.47 Å². The minimum atomic E-state index is 0.124. The summed E-state index contributed by atoms with van der Waals surface area (Å²) in [5, 5.41) is 3.68. The third-order valence-electron chi connectivity index (χ3n) is 4.36. The Bertz CT molecular complexity index is 241. The molecule has 0 spiro atoms. The highest BCUT2D eigenvalue weighted by Crippen LogP contribution is 2.34. The minimum Gasteiger partial charge on any atom is -0.379 e. The number of ether oxygens (including phenoxy) is 2. The van der Waals surface area contributed by atoms with E-state index in [1.54, 1.807) is 0 Å². The van der Waals surface area contributed by atoms with Gasteiger partial charge in [-0.05, 0) is 32.1 Å². The van der Waals surface area contributed by atoms with E-state index in [0.717, 1.165) is 32.2 Å². The Kier molecular flexibility index (Phi) is 3.69. The van der Waals surface area contributed by atoms with Crippen molar-refractivity contribution in [3.8, 4) is 0 Å². The lowest BCUT2D eigenvalue weighted by atomic mass is 9.84. The first-order valence-electron chi connectivity index (χ1n) is 7.35. The predicted octanol–water partition coefficient (Wildman–Crippen LogP) is 2.25. The van der Waals surface area contributed by atoms with Gasteiger partial charge in [-0.3, -0.25) is 0 Å². The number of hydrogen-bond donors (Lipinski definition) is 1. The molecule has 3 rings (SSSR count). The van der Waals surface area contributed by atoms with E-state index >= 15 is 0 Å². The van der Waals surface area contributed by atoms with Gasteiger partial charge in [0.1, 0.15) is 0 Å². The van der Waals surface area contributed by atoms with Crippen LogP contribution in [0.4, 0.5) is 0 Å². The van der Waals surface area contributed by atoms with Crippen molar-refractivity contribution in [1.29, 1.82) is 0 Å². The Hall–Kier alpha value is -0.120. The summed E-state index contributed by atoms with van der Waals surface area (Å²) < 4.78 is 11.9. The lowest BCUT2D eigenvalue weighted by molar-refractivity contribution is -0.111. The van der Waals surface area contributed by atoms with Gasteiger partial charge in [0, 0.05) is 19.2 Å². The fourth-order valence-corrected chi connectivity index (χ4v) is 3.11. The molecule has 1 heterocycles. The molecule has 17 heavy (non-hydrogen) atoms. The van der Waals surface area contributed by atoms with Crippen molar-refractivity contribution >= 4 is 0 Å². The van der Waals surface area contributed by atoms with Crippen molar-refractivity contribution < 1.29 is 9.47 Å². The maximum Gasteiger partial charge on any atom is 0.0838 e. The van der Waals surface area contributed by atoms with E-state index in [1.165, 1.54) is 44.9 Å². The maximum absolute atomic E-state index is 6.43. The van der Waals surface area contributed by atoms with Crippen LogP contribution in [0.5, 0.6) is 0 Å². The molecule has 0 bridgehead atoms. The van der Waals surface area contributed by atoms with Gasteiger partial charge in [-0.15, -0.1) is 0 Å². The molecule has 3 heteroatoms. The Morgan fingerprint density at radius 3 is 2.59 bits per heavy atom. The molecule has 1 unspecified atom stereocenters. The van der Waals surface area contributed by atoms with Gasteiger partial charge in [-0.1, -0.05) is 19.3 Å². The van der Waals surface area contributed by atoms with E-state index in [1.807, 2.05) is 0 Å². The summed E-state index contributed by atoms with van der Waals surface area (Å²) in [6.45, 7) is 2.76. The summed E-state index contributed by atoms with van der Waals surface area (Å²) in [4.78, 5) is 0. The van der Waals surface area contributed by atoms with Crippen molar-refractivity contribution in [1.82, 2.24) is 5.32 Å². The Morgan fingerprint density at radius 1 is 1.12 bits per heavy atom. The smallest absolute Gasteiger partial charge is 0.0838 e. The highest BCUT2D eigenvalue weighted by atomic mass is 16.6. The second-order valence-corrected chi connectivity index (χ2v) is 6.00. The van der Waals surface area contributed by atoms with Crippen molar-refractivity contribution in [2.45, 2.75) is 69.1 Å². The Balaban J connectivity index is 1.56. The predicted molar refractivity (Wildman–Crippen MR) is 67.1 cm³/mol. The minimum absolute atomic E-state index is 0.124. The van der Waals surface area contributed by atoms with Crippen LogP contribution in [0.25, 0.3) is 0 Å².